The Hall–Kier alpha value is -2.14. The Labute approximate surface area is 122 Å². The van der Waals surface area contributed by atoms with E-state index in [0.29, 0.717) is 11.5 Å². The highest BCUT2D eigenvalue weighted by atomic mass is 19.2. The highest BCUT2D eigenvalue weighted by Gasteiger charge is 2.12. The number of halogens is 2. The zero-order valence-corrected chi connectivity index (χ0v) is 11.9. The molecule has 0 unspecified atom stereocenters. The number of benzene rings is 2. The van der Waals surface area contributed by atoms with Gasteiger partial charge >= 0.3 is 0 Å². The molecule has 0 amide bonds. The molecule has 5 heteroatoms. The Balaban J connectivity index is 2.24. The predicted molar refractivity (Wildman–Crippen MR) is 76.3 cm³/mol. The van der Waals surface area contributed by atoms with Gasteiger partial charge in [0.05, 0.1) is 7.11 Å². The van der Waals surface area contributed by atoms with Crippen LogP contribution in [0, 0.1) is 11.6 Å². The van der Waals surface area contributed by atoms with Gasteiger partial charge in [-0.3, -0.25) is 0 Å². The van der Waals surface area contributed by atoms with Crippen molar-refractivity contribution in [1.82, 2.24) is 0 Å². The van der Waals surface area contributed by atoms with Crippen LogP contribution in [0.15, 0.2) is 36.4 Å². The molecule has 0 bridgehead atoms. The molecule has 3 nitrogen and oxygen atoms in total. The molecule has 21 heavy (non-hydrogen) atoms. The van der Waals surface area contributed by atoms with Crippen LogP contribution in [-0.4, -0.2) is 7.11 Å². The molecule has 1 atom stereocenters. The number of rotatable bonds is 5. The van der Waals surface area contributed by atoms with Crippen molar-refractivity contribution in [2.75, 3.05) is 7.11 Å². The number of methoxy groups -OCH3 is 1. The van der Waals surface area contributed by atoms with Crippen LogP contribution in [0.25, 0.3) is 0 Å². The monoisotopic (exact) mass is 293 g/mol. The van der Waals surface area contributed by atoms with Gasteiger partial charge in [-0.2, -0.15) is 0 Å². The molecule has 0 aliphatic carbocycles. The molecule has 0 spiro atoms. The third-order valence-corrected chi connectivity index (χ3v) is 3.13. The molecule has 2 aromatic rings. The average Bonchev–Trinajstić information content (AvgIpc) is 2.48. The fourth-order valence-corrected chi connectivity index (χ4v) is 1.96. The summed E-state index contributed by atoms with van der Waals surface area (Å²) in [7, 11) is 1.54. The molecule has 112 valence electrons. The van der Waals surface area contributed by atoms with E-state index < -0.39 is 11.6 Å². The molecule has 0 aliphatic heterocycles. The van der Waals surface area contributed by atoms with Gasteiger partial charge in [-0.15, -0.1) is 0 Å². The highest BCUT2D eigenvalue weighted by Crippen LogP contribution is 2.29. The predicted octanol–water partition coefficient (Wildman–Crippen LogP) is 3.57. The zero-order valence-electron chi connectivity index (χ0n) is 11.9. The smallest absolute Gasteiger partial charge is 0.165 e. The molecule has 0 radical (unpaired) electrons. The van der Waals surface area contributed by atoms with Crippen LogP contribution < -0.4 is 15.2 Å². The first kappa shape index (κ1) is 15.3. The average molecular weight is 293 g/mol. The molecule has 2 N–H and O–H groups in total. The fourth-order valence-electron chi connectivity index (χ4n) is 1.96. The number of ether oxygens (including phenoxy) is 2. The standard InChI is InChI=1S/C16H17F2NO2/c1-10(19)13-7-6-12(20-2)8-15(13)21-9-11-4-3-5-14(17)16(11)18/h3-8,10H,9,19H2,1-2H3/t10-/m0/s1. The Bertz CT molecular complexity index is 630. The summed E-state index contributed by atoms with van der Waals surface area (Å²) in [6.07, 6.45) is 0. The summed E-state index contributed by atoms with van der Waals surface area (Å²) in [5.41, 5.74) is 6.79. The van der Waals surface area contributed by atoms with Gasteiger partial charge in [0.25, 0.3) is 0 Å². The number of hydrogen-bond acceptors (Lipinski definition) is 3. The lowest BCUT2D eigenvalue weighted by molar-refractivity contribution is 0.290. The molecular formula is C16H17F2NO2. The normalized spacial score (nSPS) is 12.0. The molecule has 0 saturated carbocycles. The fraction of sp³-hybridized carbons (Fsp3) is 0.250. The summed E-state index contributed by atoms with van der Waals surface area (Å²) >= 11 is 0. The lowest BCUT2D eigenvalue weighted by Gasteiger charge is -2.15. The van der Waals surface area contributed by atoms with Crippen molar-refractivity contribution in [2.45, 2.75) is 19.6 Å². The summed E-state index contributed by atoms with van der Waals surface area (Å²) in [5, 5.41) is 0. The summed E-state index contributed by atoms with van der Waals surface area (Å²) in [6, 6.07) is 8.98. The van der Waals surface area contributed by atoms with E-state index in [0.717, 1.165) is 11.6 Å². The number of nitrogens with two attached hydrogens (primary N) is 1. The highest BCUT2D eigenvalue weighted by molar-refractivity contribution is 5.42. The van der Waals surface area contributed by atoms with Crippen LogP contribution in [0.4, 0.5) is 8.78 Å². The minimum absolute atomic E-state index is 0.0868. The Morgan fingerprint density at radius 1 is 1.19 bits per heavy atom. The van der Waals surface area contributed by atoms with Crippen molar-refractivity contribution in [3.05, 3.63) is 59.2 Å². The molecule has 0 aliphatic rings. The van der Waals surface area contributed by atoms with Crippen molar-refractivity contribution < 1.29 is 18.3 Å². The maximum Gasteiger partial charge on any atom is 0.165 e. The minimum atomic E-state index is -0.900. The van der Waals surface area contributed by atoms with Crippen molar-refractivity contribution in [3.63, 3.8) is 0 Å². The lowest BCUT2D eigenvalue weighted by Crippen LogP contribution is -2.09. The van der Waals surface area contributed by atoms with Gasteiger partial charge in [0.1, 0.15) is 18.1 Å². The second kappa shape index (κ2) is 6.54. The van der Waals surface area contributed by atoms with Gasteiger partial charge in [0, 0.05) is 23.2 Å². The Morgan fingerprint density at radius 3 is 2.62 bits per heavy atom. The summed E-state index contributed by atoms with van der Waals surface area (Å²) in [5.74, 6) is -0.695. The quantitative estimate of drug-likeness (QED) is 0.916. The van der Waals surface area contributed by atoms with Crippen LogP contribution in [0.1, 0.15) is 24.1 Å². The second-order valence-electron chi connectivity index (χ2n) is 4.69. The lowest BCUT2D eigenvalue weighted by atomic mass is 10.1. The first-order chi connectivity index (χ1) is 10.0. The second-order valence-corrected chi connectivity index (χ2v) is 4.69. The van der Waals surface area contributed by atoms with Crippen molar-refractivity contribution >= 4 is 0 Å². The molecular weight excluding hydrogens is 276 g/mol. The maximum absolute atomic E-state index is 13.6. The summed E-state index contributed by atoms with van der Waals surface area (Å²) in [4.78, 5) is 0. The van der Waals surface area contributed by atoms with E-state index in [1.165, 1.54) is 19.2 Å². The largest absolute Gasteiger partial charge is 0.497 e. The van der Waals surface area contributed by atoms with Gasteiger partial charge < -0.3 is 15.2 Å². The van der Waals surface area contributed by atoms with E-state index in [9.17, 15) is 8.78 Å². The topological polar surface area (TPSA) is 44.5 Å². The molecule has 2 rings (SSSR count). The first-order valence-electron chi connectivity index (χ1n) is 6.52. The van der Waals surface area contributed by atoms with Gasteiger partial charge in [0.2, 0.25) is 0 Å². The van der Waals surface area contributed by atoms with E-state index in [1.54, 1.807) is 18.2 Å². The van der Waals surface area contributed by atoms with Crippen molar-refractivity contribution in [3.8, 4) is 11.5 Å². The van der Waals surface area contributed by atoms with E-state index in [4.69, 9.17) is 15.2 Å². The Kier molecular flexibility index (Phi) is 4.75. The molecule has 2 aromatic carbocycles. The third-order valence-electron chi connectivity index (χ3n) is 3.13. The summed E-state index contributed by atoms with van der Waals surface area (Å²) in [6.45, 7) is 1.73. The van der Waals surface area contributed by atoms with Gasteiger partial charge in [-0.25, -0.2) is 8.78 Å². The van der Waals surface area contributed by atoms with Crippen LogP contribution in [0.2, 0.25) is 0 Å². The molecule has 0 aromatic heterocycles. The van der Waals surface area contributed by atoms with Crippen LogP contribution in [0.5, 0.6) is 11.5 Å². The van der Waals surface area contributed by atoms with Gasteiger partial charge in [-0.05, 0) is 19.1 Å². The van der Waals surface area contributed by atoms with E-state index in [2.05, 4.69) is 0 Å². The summed E-state index contributed by atoms with van der Waals surface area (Å²) < 4.78 is 37.5. The van der Waals surface area contributed by atoms with Crippen molar-refractivity contribution in [1.29, 1.82) is 0 Å². The molecule has 0 fully saturated rings. The Morgan fingerprint density at radius 2 is 1.95 bits per heavy atom. The van der Waals surface area contributed by atoms with Gasteiger partial charge in [-0.1, -0.05) is 18.2 Å². The minimum Gasteiger partial charge on any atom is -0.497 e. The number of hydrogen-bond donors (Lipinski definition) is 1. The van der Waals surface area contributed by atoms with E-state index >= 15 is 0 Å². The van der Waals surface area contributed by atoms with Crippen LogP contribution in [-0.2, 0) is 6.61 Å². The van der Waals surface area contributed by atoms with E-state index in [1.807, 2.05) is 6.92 Å². The van der Waals surface area contributed by atoms with Gasteiger partial charge in [0.15, 0.2) is 11.6 Å². The molecule has 0 heterocycles. The van der Waals surface area contributed by atoms with Crippen molar-refractivity contribution in [2.24, 2.45) is 5.73 Å². The molecule has 0 saturated heterocycles. The van der Waals surface area contributed by atoms with E-state index in [-0.39, 0.29) is 18.2 Å². The van der Waals surface area contributed by atoms with Crippen LogP contribution in [0.3, 0.4) is 0 Å². The first-order valence-corrected chi connectivity index (χ1v) is 6.52. The zero-order chi connectivity index (χ0) is 15.4. The maximum atomic E-state index is 13.6. The SMILES string of the molecule is COc1ccc([C@H](C)N)c(OCc2cccc(F)c2F)c1. The van der Waals surface area contributed by atoms with Crippen LogP contribution >= 0.6 is 0 Å². The third kappa shape index (κ3) is 3.49.